The van der Waals surface area contributed by atoms with Gasteiger partial charge in [0, 0.05) is 4.88 Å². The van der Waals surface area contributed by atoms with Gasteiger partial charge in [-0.1, -0.05) is 11.6 Å². The summed E-state index contributed by atoms with van der Waals surface area (Å²) in [6, 6.07) is 0. The predicted octanol–water partition coefficient (Wildman–Crippen LogP) is 1.39. The van der Waals surface area contributed by atoms with E-state index >= 15 is 0 Å². The van der Waals surface area contributed by atoms with Gasteiger partial charge in [0.15, 0.2) is 5.15 Å². The highest BCUT2D eigenvalue weighted by atomic mass is 35.5. The number of halogens is 2. The maximum atomic E-state index is 13.3. The molecule has 1 N–H and O–H groups in total. The smallest absolute Gasteiger partial charge is 0.295 e. The molecule has 0 aliphatic carbocycles. The molecule has 17 heavy (non-hydrogen) atoms. The van der Waals surface area contributed by atoms with Crippen LogP contribution in [0.25, 0.3) is 5.13 Å². The number of aromatic nitrogens is 3. The van der Waals surface area contributed by atoms with Crippen LogP contribution in [0.2, 0.25) is 5.15 Å². The summed E-state index contributed by atoms with van der Waals surface area (Å²) >= 11 is 6.49. The van der Waals surface area contributed by atoms with Crippen molar-refractivity contribution in [2.24, 2.45) is 0 Å². The lowest BCUT2D eigenvalue weighted by Crippen LogP contribution is -2.35. The molecule has 0 aliphatic rings. The number of nitrogens with zero attached hydrogens (tertiary/aromatic N) is 2. The van der Waals surface area contributed by atoms with E-state index < -0.39 is 22.2 Å². The number of aromatic amines is 1. The monoisotopic (exact) mass is 275 g/mol. The fourth-order valence-corrected chi connectivity index (χ4v) is 2.28. The zero-order valence-electron chi connectivity index (χ0n) is 8.88. The minimum absolute atomic E-state index is 0.127. The van der Waals surface area contributed by atoms with E-state index in [0.717, 1.165) is 16.2 Å². The fourth-order valence-electron chi connectivity index (χ4n) is 1.21. The first-order valence-corrected chi connectivity index (χ1v) is 5.76. The Balaban J connectivity index is 2.81. The van der Waals surface area contributed by atoms with Gasteiger partial charge in [0.1, 0.15) is 0 Å². The SMILES string of the molecule is Cc1nc(-n2c(=O)[nH]c(Cl)c(F)c2=O)sc1C. The van der Waals surface area contributed by atoms with Crippen molar-refractivity contribution in [1.29, 1.82) is 0 Å². The second-order valence-electron chi connectivity index (χ2n) is 3.34. The Hall–Kier alpha value is -1.47. The number of H-pyrrole nitrogens is 1. The summed E-state index contributed by atoms with van der Waals surface area (Å²) in [5, 5.41) is -0.469. The van der Waals surface area contributed by atoms with Gasteiger partial charge < -0.3 is 0 Å². The van der Waals surface area contributed by atoms with Crippen LogP contribution in [-0.4, -0.2) is 14.5 Å². The van der Waals surface area contributed by atoms with Crippen molar-refractivity contribution in [2.45, 2.75) is 13.8 Å². The van der Waals surface area contributed by atoms with Crippen LogP contribution in [0.4, 0.5) is 4.39 Å². The van der Waals surface area contributed by atoms with Gasteiger partial charge in [-0.05, 0) is 13.8 Å². The molecular weight excluding hydrogens is 269 g/mol. The van der Waals surface area contributed by atoms with Gasteiger partial charge >= 0.3 is 5.69 Å². The van der Waals surface area contributed by atoms with Gasteiger partial charge in [-0.2, -0.15) is 8.96 Å². The van der Waals surface area contributed by atoms with Crippen LogP contribution in [0.1, 0.15) is 10.6 Å². The van der Waals surface area contributed by atoms with Crippen LogP contribution in [0, 0.1) is 19.7 Å². The van der Waals surface area contributed by atoms with Crippen LogP contribution in [0.3, 0.4) is 0 Å². The van der Waals surface area contributed by atoms with Crippen LogP contribution in [-0.2, 0) is 0 Å². The number of nitrogens with one attached hydrogen (secondary N) is 1. The highest BCUT2D eigenvalue weighted by Gasteiger charge is 2.16. The highest BCUT2D eigenvalue weighted by molar-refractivity contribution is 7.14. The highest BCUT2D eigenvalue weighted by Crippen LogP contribution is 2.18. The summed E-state index contributed by atoms with van der Waals surface area (Å²) < 4.78 is 13.9. The Labute approximate surface area is 104 Å². The van der Waals surface area contributed by atoms with E-state index in [9.17, 15) is 14.0 Å². The average molecular weight is 276 g/mol. The summed E-state index contributed by atoms with van der Waals surface area (Å²) in [4.78, 5) is 30.1. The minimum atomic E-state index is -1.20. The Bertz CT molecular complexity index is 684. The van der Waals surface area contributed by atoms with E-state index in [0.29, 0.717) is 10.3 Å². The van der Waals surface area contributed by atoms with Crippen molar-refractivity contribution < 1.29 is 4.39 Å². The van der Waals surface area contributed by atoms with Gasteiger partial charge in [-0.3, -0.25) is 9.78 Å². The molecule has 2 aromatic rings. The molecule has 0 aliphatic heterocycles. The molecule has 90 valence electrons. The molecule has 0 spiro atoms. The first-order valence-electron chi connectivity index (χ1n) is 4.56. The fraction of sp³-hybridized carbons (Fsp3) is 0.222. The van der Waals surface area contributed by atoms with Crippen LogP contribution in [0.5, 0.6) is 0 Å². The Morgan fingerprint density at radius 3 is 2.59 bits per heavy atom. The normalized spacial score (nSPS) is 10.8. The zero-order chi connectivity index (χ0) is 12.7. The van der Waals surface area contributed by atoms with Crippen molar-refractivity contribution in [3.05, 3.63) is 42.4 Å². The van der Waals surface area contributed by atoms with Gasteiger partial charge in [-0.25, -0.2) is 9.78 Å². The molecule has 0 unspecified atom stereocenters. The number of aryl methyl sites for hydroxylation is 2. The van der Waals surface area contributed by atoms with Gasteiger partial charge in [0.05, 0.1) is 5.69 Å². The first-order chi connectivity index (χ1) is 7.91. The Morgan fingerprint density at radius 2 is 2.06 bits per heavy atom. The molecule has 0 saturated heterocycles. The first kappa shape index (κ1) is 12.0. The molecule has 2 aromatic heterocycles. The zero-order valence-corrected chi connectivity index (χ0v) is 10.4. The summed E-state index contributed by atoms with van der Waals surface area (Å²) in [7, 11) is 0. The molecule has 0 radical (unpaired) electrons. The van der Waals surface area contributed by atoms with Crippen LogP contribution >= 0.6 is 22.9 Å². The van der Waals surface area contributed by atoms with Crippen LogP contribution < -0.4 is 11.2 Å². The summed E-state index contributed by atoms with van der Waals surface area (Å²) in [5.41, 5.74) is -1.23. The molecular formula is C9H7ClFN3O2S. The maximum absolute atomic E-state index is 13.3. The number of rotatable bonds is 1. The van der Waals surface area contributed by atoms with E-state index in [1.165, 1.54) is 0 Å². The maximum Gasteiger partial charge on any atom is 0.336 e. The third-order valence-corrected chi connectivity index (χ3v) is 3.53. The molecule has 2 rings (SSSR count). The van der Waals surface area contributed by atoms with Crippen molar-refractivity contribution in [1.82, 2.24) is 14.5 Å². The standard InChI is InChI=1S/C9H7ClFN3O2S/c1-3-4(2)17-9(12-3)14-7(15)5(11)6(10)13-8(14)16/h1-2H3,(H,13,16). The van der Waals surface area contributed by atoms with Crippen LogP contribution in [0.15, 0.2) is 9.59 Å². The third kappa shape index (κ3) is 1.91. The van der Waals surface area contributed by atoms with E-state index in [1.807, 2.05) is 4.98 Å². The second-order valence-corrected chi connectivity index (χ2v) is 4.90. The van der Waals surface area contributed by atoms with E-state index in [4.69, 9.17) is 11.6 Å². The molecule has 2 heterocycles. The quantitative estimate of drug-likeness (QED) is 0.800. The van der Waals surface area contributed by atoms with Gasteiger partial charge in [0.25, 0.3) is 5.56 Å². The van der Waals surface area contributed by atoms with E-state index in [2.05, 4.69) is 4.98 Å². The second kappa shape index (κ2) is 4.08. The van der Waals surface area contributed by atoms with Crippen molar-refractivity contribution in [2.75, 3.05) is 0 Å². The molecule has 0 atom stereocenters. The molecule has 0 saturated carbocycles. The van der Waals surface area contributed by atoms with Crippen molar-refractivity contribution in [3.63, 3.8) is 0 Å². The molecule has 0 fully saturated rings. The third-order valence-electron chi connectivity index (χ3n) is 2.21. The topological polar surface area (TPSA) is 67.8 Å². The lowest BCUT2D eigenvalue weighted by molar-refractivity contribution is 0.584. The van der Waals surface area contributed by atoms with Gasteiger partial charge in [0.2, 0.25) is 10.9 Å². The summed E-state index contributed by atoms with van der Waals surface area (Å²) in [6.45, 7) is 3.53. The molecule has 0 amide bonds. The number of hydrogen-bond donors (Lipinski definition) is 1. The lowest BCUT2D eigenvalue weighted by atomic mass is 10.4. The number of thiazole rings is 1. The van der Waals surface area contributed by atoms with Crippen molar-refractivity contribution in [3.8, 4) is 5.13 Å². The minimum Gasteiger partial charge on any atom is -0.295 e. The lowest BCUT2D eigenvalue weighted by Gasteiger charge is -2.00. The predicted molar refractivity (Wildman–Crippen MR) is 62.8 cm³/mol. The van der Waals surface area contributed by atoms with E-state index in [1.54, 1.807) is 13.8 Å². The summed E-state index contributed by atoms with van der Waals surface area (Å²) in [6.07, 6.45) is 0. The Morgan fingerprint density at radius 1 is 1.41 bits per heavy atom. The largest absolute Gasteiger partial charge is 0.336 e. The molecule has 8 heteroatoms. The molecule has 5 nitrogen and oxygen atoms in total. The number of hydrogen-bond acceptors (Lipinski definition) is 4. The van der Waals surface area contributed by atoms with E-state index in [-0.39, 0.29) is 5.13 Å². The van der Waals surface area contributed by atoms with Gasteiger partial charge in [-0.15, -0.1) is 11.3 Å². The summed E-state index contributed by atoms with van der Waals surface area (Å²) in [5.74, 6) is -1.20. The molecule has 0 bridgehead atoms. The average Bonchev–Trinajstić information content (AvgIpc) is 2.56. The molecule has 0 aromatic carbocycles. The van der Waals surface area contributed by atoms with Crippen molar-refractivity contribution >= 4 is 22.9 Å². The Kier molecular flexibility index (Phi) is 2.88.